The molecule has 0 radical (unpaired) electrons. The van der Waals surface area contributed by atoms with Crippen LogP contribution in [0.15, 0.2) is 212 Å². The van der Waals surface area contributed by atoms with Crippen molar-refractivity contribution in [2.45, 2.75) is 0 Å². The van der Waals surface area contributed by atoms with Crippen molar-refractivity contribution in [3.8, 4) is 68.3 Å². The Kier molecular flexibility index (Phi) is 8.35. The molecular weight excluding hydrogens is 759 g/mol. The summed E-state index contributed by atoms with van der Waals surface area (Å²) in [5.41, 5.74) is 11.2. The summed E-state index contributed by atoms with van der Waals surface area (Å²) in [6.45, 7) is 0. The zero-order valence-corrected chi connectivity index (χ0v) is 33.3. The quantitative estimate of drug-likeness (QED) is 0.161. The second-order valence-corrected chi connectivity index (χ2v) is 15.4. The zero-order chi connectivity index (χ0) is 41.0. The molecule has 0 N–H and O–H groups in total. The van der Waals surface area contributed by atoms with Gasteiger partial charge in [-0.05, 0) is 47.5 Å². The summed E-state index contributed by atoms with van der Waals surface area (Å²) in [4.78, 5) is 25.5. The second-order valence-electron chi connectivity index (χ2n) is 15.4. The maximum absolute atomic E-state index is 5.22. The van der Waals surface area contributed by atoms with Crippen molar-refractivity contribution in [1.29, 1.82) is 0 Å². The fourth-order valence-corrected chi connectivity index (χ4v) is 8.69. The van der Waals surface area contributed by atoms with Gasteiger partial charge in [-0.1, -0.05) is 170 Å². The summed E-state index contributed by atoms with van der Waals surface area (Å²) in [5, 5.41) is 4.54. The van der Waals surface area contributed by atoms with E-state index in [1.54, 1.807) is 0 Å². The van der Waals surface area contributed by atoms with Gasteiger partial charge < -0.3 is 0 Å². The summed E-state index contributed by atoms with van der Waals surface area (Å²) in [6, 6.07) is 73.4. The Morgan fingerprint density at radius 2 is 0.661 bits per heavy atom. The minimum Gasteiger partial charge on any atom is -0.294 e. The van der Waals surface area contributed by atoms with E-state index in [-0.39, 0.29) is 0 Å². The number of benzene rings is 8. The number of hydrogen-bond donors (Lipinski definition) is 0. The van der Waals surface area contributed by atoms with Crippen LogP contribution in [0.4, 0.5) is 0 Å². The predicted molar refractivity (Wildman–Crippen MR) is 251 cm³/mol. The number of nitrogens with zero attached hydrogens (tertiary/aromatic N) is 7. The van der Waals surface area contributed by atoms with Crippen molar-refractivity contribution in [2.75, 3.05) is 0 Å². The average Bonchev–Trinajstić information content (AvgIpc) is 3.87. The Morgan fingerprint density at radius 3 is 1.18 bits per heavy atom. The Balaban J connectivity index is 1.02. The van der Waals surface area contributed by atoms with Crippen LogP contribution in [0, 0.1) is 0 Å². The second kappa shape index (κ2) is 14.6. The average molecular weight is 794 g/mol. The first-order valence-corrected chi connectivity index (χ1v) is 20.7. The molecule has 0 aliphatic heterocycles. The van der Waals surface area contributed by atoms with Crippen molar-refractivity contribution >= 4 is 43.6 Å². The molecule has 0 aliphatic carbocycles. The fourth-order valence-electron chi connectivity index (χ4n) is 8.69. The summed E-state index contributed by atoms with van der Waals surface area (Å²) in [6.07, 6.45) is 0. The maximum atomic E-state index is 5.22. The van der Waals surface area contributed by atoms with E-state index in [1.165, 1.54) is 0 Å². The van der Waals surface area contributed by atoms with Crippen molar-refractivity contribution in [1.82, 2.24) is 34.1 Å². The number of aromatic nitrogens is 7. The van der Waals surface area contributed by atoms with Crippen molar-refractivity contribution < 1.29 is 0 Å². The smallest absolute Gasteiger partial charge is 0.238 e. The van der Waals surface area contributed by atoms with Gasteiger partial charge >= 0.3 is 0 Å². The van der Waals surface area contributed by atoms with E-state index in [1.807, 2.05) is 97.1 Å². The fraction of sp³-hybridized carbons (Fsp3) is 0. The van der Waals surface area contributed by atoms with Crippen LogP contribution in [0.2, 0.25) is 0 Å². The molecule has 0 bridgehead atoms. The minimum atomic E-state index is 0.571. The van der Waals surface area contributed by atoms with E-state index in [9.17, 15) is 0 Å². The lowest BCUT2D eigenvalue weighted by Crippen LogP contribution is -2.06. The number of fused-ring (bicyclic) bond motifs is 6. The van der Waals surface area contributed by atoms with Gasteiger partial charge in [-0.2, -0.15) is 9.97 Å². The first-order chi connectivity index (χ1) is 30.7. The molecule has 0 aliphatic rings. The van der Waals surface area contributed by atoms with E-state index in [0.29, 0.717) is 23.4 Å². The van der Waals surface area contributed by atoms with Gasteiger partial charge in [-0.15, -0.1) is 0 Å². The van der Waals surface area contributed by atoms with E-state index >= 15 is 0 Å². The van der Waals surface area contributed by atoms with Gasteiger partial charge in [-0.25, -0.2) is 15.0 Å². The Hall–Kier alpha value is -8.55. The highest BCUT2D eigenvalue weighted by Crippen LogP contribution is 2.39. The normalized spacial score (nSPS) is 11.5. The van der Waals surface area contributed by atoms with Crippen LogP contribution in [-0.4, -0.2) is 34.1 Å². The van der Waals surface area contributed by atoms with Gasteiger partial charge in [-0.3, -0.25) is 9.13 Å². The molecule has 0 fully saturated rings. The maximum Gasteiger partial charge on any atom is 0.238 e. The van der Waals surface area contributed by atoms with Crippen LogP contribution in [0.5, 0.6) is 0 Å². The van der Waals surface area contributed by atoms with Crippen LogP contribution >= 0.6 is 0 Å². The molecule has 0 amide bonds. The van der Waals surface area contributed by atoms with Gasteiger partial charge in [0.05, 0.1) is 27.8 Å². The van der Waals surface area contributed by atoms with Gasteiger partial charge in [0.2, 0.25) is 5.95 Å². The molecule has 4 aromatic heterocycles. The Bertz CT molecular complexity index is 3260. The molecule has 0 spiro atoms. The summed E-state index contributed by atoms with van der Waals surface area (Å²) >= 11 is 0. The lowest BCUT2D eigenvalue weighted by Gasteiger charge is -2.12. The summed E-state index contributed by atoms with van der Waals surface area (Å²) in [5.74, 6) is 3.32. The first-order valence-electron chi connectivity index (χ1n) is 20.7. The summed E-state index contributed by atoms with van der Waals surface area (Å²) in [7, 11) is 0. The summed E-state index contributed by atoms with van der Waals surface area (Å²) < 4.78 is 4.44. The van der Waals surface area contributed by atoms with E-state index in [0.717, 1.165) is 88.5 Å². The van der Waals surface area contributed by atoms with Crippen LogP contribution in [0.1, 0.15) is 0 Å². The zero-order valence-electron chi connectivity index (χ0n) is 33.3. The lowest BCUT2D eigenvalue weighted by atomic mass is 10.0. The SMILES string of the molecule is c1ccc(-c2cc(-n3c4ccccc4c4cc(-c5ccc6c(c5)c5ccccc5n6-c5nc(-c6ccccc6)nc(-c6ccccc6)n5)ccc43)nc(-c3ccccc3)n2)cc1. The topological polar surface area (TPSA) is 74.3 Å². The molecule has 7 nitrogen and oxygen atoms in total. The molecule has 7 heteroatoms. The van der Waals surface area contributed by atoms with Crippen molar-refractivity contribution in [3.63, 3.8) is 0 Å². The molecule has 0 unspecified atom stereocenters. The molecule has 12 aromatic rings. The van der Waals surface area contributed by atoms with E-state index in [2.05, 4.69) is 124 Å². The number of para-hydroxylation sites is 2. The Labute approximate surface area is 356 Å². The van der Waals surface area contributed by atoms with E-state index < -0.39 is 0 Å². The van der Waals surface area contributed by atoms with Gasteiger partial charge in [0.15, 0.2) is 17.5 Å². The Morgan fingerprint density at radius 1 is 0.258 bits per heavy atom. The van der Waals surface area contributed by atoms with E-state index in [4.69, 9.17) is 24.9 Å². The predicted octanol–water partition coefficient (Wildman–Crippen LogP) is 13.2. The lowest BCUT2D eigenvalue weighted by molar-refractivity contribution is 0.953. The molecular formula is C55H35N7. The molecule has 8 aromatic carbocycles. The molecule has 0 saturated heterocycles. The number of rotatable bonds is 7. The van der Waals surface area contributed by atoms with Crippen LogP contribution in [0.25, 0.3) is 112 Å². The number of hydrogen-bond acceptors (Lipinski definition) is 5. The molecule has 0 atom stereocenters. The van der Waals surface area contributed by atoms with Crippen molar-refractivity contribution in [2.24, 2.45) is 0 Å². The third kappa shape index (κ3) is 6.02. The van der Waals surface area contributed by atoms with Crippen molar-refractivity contribution in [3.05, 3.63) is 212 Å². The van der Waals surface area contributed by atoms with Gasteiger partial charge in [0, 0.05) is 49.9 Å². The third-order valence-electron chi connectivity index (χ3n) is 11.6. The monoisotopic (exact) mass is 793 g/mol. The van der Waals surface area contributed by atoms with Crippen LogP contribution < -0.4 is 0 Å². The third-order valence-corrected chi connectivity index (χ3v) is 11.6. The highest BCUT2D eigenvalue weighted by Gasteiger charge is 2.20. The van der Waals surface area contributed by atoms with Gasteiger partial charge in [0.1, 0.15) is 5.82 Å². The minimum absolute atomic E-state index is 0.571. The first kappa shape index (κ1) is 35.4. The molecule has 12 rings (SSSR count). The molecule has 62 heavy (non-hydrogen) atoms. The van der Waals surface area contributed by atoms with Gasteiger partial charge in [0.25, 0.3) is 0 Å². The standard InChI is InChI=1S/C55H35N7/c1-5-17-36(18-6-1)46-35-51(57-52(56-46)37-19-7-2-8-20-37)61-47-27-15-13-25-42(47)44-33-40(29-31-49(44)61)41-30-32-50-45(34-41)43-26-14-16-28-48(43)62(50)55-59-53(38-21-9-3-10-22-38)58-54(60-55)39-23-11-4-12-24-39/h1-35H. The molecule has 0 saturated carbocycles. The molecule has 290 valence electrons. The molecule has 4 heterocycles. The highest BCUT2D eigenvalue weighted by molar-refractivity contribution is 6.12. The van der Waals surface area contributed by atoms with Crippen LogP contribution in [-0.2, 0) is 0 Å². The highest BCUT2D eigenvalue weighted by atomic mass is 15.2. The van der Waals surface area contributed by atoms with Crippen LogP contribution in [0.3, 0.4) is 0 Å². The largest absolute Gasteiger partial charge is 0.294 e.